The Balaban J connectivity index is 4.86. The summed E-state index contributed by atoms with van der Waals surface area (Å²) >= 11 is 0. The van der Waals surface area contributed by atoms with Gasteiger partial charge < -0.3 is 4.18 Å². The highest BCUT2D eigenvalue weighted by Crippen LogP contribution is 2.05. The van der Waals surface area contributed by atoms with E-state index in [9.17, 15) is 13.2 Å². The Hall–Kier alpha value is -1.39. The van der Waals surface area contributed by atoms with Crippen molar-refractivity contribution in [2.75, 3.05) is 0 Å². The van der Waals surface area contributed by atoms with Gasteiger partial charge in [0, 0.05) is 0 Å². The Kier molecular flexibility index (Phi) is 3.59. The quantitative estimate of drug-likeness (QED) is 0.392. The second kappa shape index (κ2) is 4.02. The first-order valence-corrected chi connectivity index (χ1v) is 4.43. The summed E-state index contributed by atoms with van der Waals surface area (Å²) in [6, 6.07) is 1.45. The summed E-state index contributed by atoms with van der Waals surface area (Å²) in [5, 5.41) is 8.38. The molecule has 0 aromatic rings. The number of carbonyl (C=O) groups excluding carboxylic acids is 1. The number of nitriles is 1. The molecule has 0 saturated heterocycles. The maximum absolute atomic E-state index is 10.8. The van der Waals surface area contributed by atoms with Crippen LogP contribution in [0.2, 0.25) is 0 Å². The molecule has 0 heterocycles. The molecule has 0 unspecified atom stereocenters. The third-order valence-electron chi connectivity index (χ3n) is 0.997. The van der Waals surface area contributed by atoms with Crippen molar-refractivity contribution in [1.82, 2.24) is 0 Å². The number of carbonyl (C=O) groups is 1. The fraction of sp³-hybridized carbons (Fsp3) is 0.333. The van der Waals surface area contributed by atoms with Crippen LogP contribution in [0.1, 0.15) is 13.8 Å². The summed E-state index contributed by atoms with van der Waals surface area (Å²) in [7, 11) is -4.85. The van der Waals surface area contributed by atoms with Crippen LogP contribution in [0.4, 0.5) is 0 Å². The molecule has 0 aliphatic rings. The zero-order valence-electron chi connectivity index (χ0n) is 6.94. The molecule has 6 nitrogen and oxygen atoms in total. The van der Waals surface area contributed by atoms with Crippen molar-refractivity contribution in [3.63, 3.8) is 0 Å². The Bertz CT molecular complexity index is 382. The van der Waals surface area contributed by atoms with Crippen molar-refractivity contribution >= 4 is 16.4 Å². The fourth-order valence-electron chi connectivity index (χ4n) is 0.499. The molecule has 0 aromatic heterocycles. The van der Waals surface area contributed by atoms with E-state index in [0.29, 0.717) is 5.57 Å². The average molecular weight is 205 g/mol. The lowest BCUT2D eigenvalue weighted by atomic mass is 10.2. The molecule has 0 aliphatic carbocycles. The number of hydrogen-bond acceptors (Lipinski definition) is 5. The van der Waals surface area contributed by atoms with E-state index in [0.717, 1.165) is 0 Å². The third kappa shape index (κ3) is 4.25. The van der Waals surface area contributed by atoms with Crippen molar-refractivity contribution in [3.8, 4) is 6.07 Å². The Morgan fingerprint density at radius 2 is 1.92 bits per heavy atom. The van der Waals surface area contributed by atoms with E-state index in [1.807, 2.05) is 0 Å². The normalized spacial score (nSPS) is 10.0. The number of allylic oxidation sites excluding steroid dienone is 1. The molecule has 0 aromatic carbocycles. The highest BCUT2D eigenvalue weighted by molar-refractivity contribution is 7.81. The van der Waals surface area contributed by atoms with Crippen LogP contribution in [0.15, 0.2) is 11.1 Å². The maximum Gasteiger partial charge on any atom is 0.449 e. The van der Waals surface area contributed by atoms with Gasteiger partial charge >= 0.3 is 16.4 Å². The molecule has 0 atom stereocenters. The van der Waals surface area contributed by atoms with E-state index in [1.165, 1.54) is 19.9 Å². The number of nitrogens with zero attached hydrogens (tertiary/aromatic N) is 1. The Labute approximate surface area is 75.4 Å². The lowest BCUT2D eigenvalue weighted by Crippen LogP contribution is -2.13. The van der Waals surface area contributed by atoms with Crippen LogP contribution in [0, 0.1) is 11.3 Å². The van der Waals surface area contributed by atoms with Crippen LogP contribution in [-0.4, -0.2) is 18.9 Å². The van der Waals surface area contributed by atoms with Crippen LogP contribution in [-0.2, 0) is 19.4 Å². The standard InChI is InChI=1S/C6H7NO5S/c1-4(2)5(3-7)6(8)12-13(9,10)11/h1-2H3,(H,9,10,11). The van der Waals surface area contributed by atoms with Crippen molar-refractivity contribution < 1.29 is 21.9 Å². The molecular formula is C6H7NO5S. The topological polar surface area (TPSA) is 104 Å². The number of hydrogen-bond donors (Lipinski definition) is 1. The minimum absolute atomic E-state index is 0.302. The summed E-state index contributed by atoms with van der Waals surface area (Å²) in [5.74, 6) is -1.38. The molecule has 0 radical (unpaired) electrons. The lowest BCUT2D eigenvalue weighted by Gasteiger charge is -1.98. The average Bonchev–Trinajstić information content (AvgIpc) is 1.82. The summed E-state index contributed by atoms with van der Waals surface area (Å²) in [4.78, 5) is 10.8. The van der Waals surface area contributed by atoms with Crippen LogP contribution >= 0.6 is 0 Å². The van der Waals surface area contributed by atoms with Gasteiger partial charge in [0.1, 0.15) is 11.6 Å². The molecule has 0 spiro atoms. The molecular weight excluding hydrogens is 198 g/mol. The molecule has 0 bridgehead atoms. The third-order valence-corrected chi connectivity index (χ3v) is 1.36. The van der Waals surface area contributed by atoms with Crippen molar-refractivity contribution in [1.29, 1.82) is 5.26 Å². The van der Waals surface area contributed by atoms with Gasteiger partial charge in [-0.15, -0.1) is 0 Å². The molecule has 0 saturated carbocycles. The molecule has 7 heteroatoms. The SMILES string of the molecule is CC(C)=C(C#N)C(=O)OS(=O)(=O)O. The van der Waals surface area contributed by atoms with Gasteiger partial charge in [0.05, 0.1) is 0 Å². The summed E-state index contributed by atoms with van der Waals surface area (Å²) in [5.41, 5.74) is -0.145. The van der Waals surface area contributed by atoms with Gasteiger partial charge in [-0.25, -0.2) is 4.79 Å². The number of rotatable bonds is 2. The van der Waals surface area contributed by atoms with E-state index >= 15 is 0 Å². The summed E-state index contributed by atoms with van der Waals surface area (Å²) in [6.45, 7) is 2.87. The van der Waals surface area contributed by atoms with Gasteiger partial charge in [-0.2, -0.15) is 13.7 Å². The Morgan fingerprint density at radius 1 is 1.46 bits per heavy atom. The molecule has 13 heavy (non-hydrogen) atoms. The molecule has 72 valence electrons. The van der Waals surface area contributed by atoms with Crippen LogP contribution < -0.4 is 0 Å². The first-order valence-electron chi connectivity index (χ1n) is 3.06. The minimum Gasteiger partial charge on any atom is -0.320 e. The Morgan fingerprint density at radius 3 is 2.15 bits per heavy atom. The lowest BCUT2D eigenvalue weighted by molar-refractivity contribution is -0.129. The van der Waals surface area contributed by atoms with E-state index in [4.69, 9.17) is 9.81 Å². The van der Waals surface area contributed by atoms with Crippen LogP contribution in [0.25, 0.3) is 0 Å². The smallest absolute Gasteiger partial charge is 0.320 e. The van der Waals surface area contributed by atoms with E-state index in [2.05, 4.69) is 4.18 Å². The first-order chi connectivity index (χ1) is 5.78. The maximum atomic E-state index is 10.8. The minimum atomic E-state index is -4.85. The zero-order chi connectivity index (χ0) is 10.6. The highest BCUT2D eigenvalue weighted by atomic mass is 32.3. The second-order valence-electron chi connectivity index (χ2n) is 2.29. The van der Waals surface area contributed by atoms with E-state index in [-0.39, 0.29) is 0 Å². The monoisotopic (exact) mass is 205 g/mol. The largest absolute Gasteiger partial charge is 0.449 e. The molecule has 1 N–H and O–H groups in total. The van der Waals surface area contributed by atoms with Gasteiger partial charge in [0.25, 0.3) is 0 Å². The summed E-state index contributed by atoms with van der Waals surface area (Å²) in [6.07, 6.45) is 0. The second-order valence-corrected chi connectivity index (χ2v) is 3.31. The van der Waals surface area contributed by atoms with Gasteiger partial charge in [-0.05, 0) is 13.8 Å². The zero-order valence-corrected chi connectivity index (χ0v) is 7.75. The molecule has 0 fully saturated rings. The highest BCUT2D eigenvalue weighted by Gasteiger charge is 2.18. The molecule has 0 rings (SSSR count). The van der Waals surface area contributed by atoms with Crippen molar-refractivity contribution in [3.05, 3.63) is 11.1 Å². The fourth-order valence-corrected chi connectivity index (χ4v) is 0.774. The van der Waals surface area contributed by atoms with Gasteiger partial charge in [-0.1, -0.05) is 5.57 Å². The van der Waals surface area contributed by atoms with Crippen LogP contribution in [0.5, 0.6) is 0 Å². The van der Waals surface area contributed by atoms with E-state index in [1.54, 1.807) is 0 Å². The van der Waals surface area contributed by atoms with Gasteiger partial charge in [0.15, 0.2) is 0 Å². The van der Waals surface area contributed by atoms with Gasteiger partial charge in [-0.3, -0.25) is 4.55 Å². The molecule has 0 aliphatic heterocycles. The summed E-state index contributed by atoms with van der Waals surface area (Å²) < 4.78 is 31.8. The predicted molar refractivity (Wildman–Crippen MR) is 41.6 cm³/mol. The van der Waals surface area contributed by atoms with E-state index < -0.39 is 21.9 Å². The van der Waals surface area contributed by atoms with Crippen molar-refractivity contribution in [2.24, 2.45) is 0 Å². The first kappa shape index (κ1) is 11.6. The van der Waals surface area contributed by atoms with Gasteiger partial charge in [0.2, 0.25) is 0 Å². The van der Waals surface area contributed by atoms with Crippen molar-refractivity contribution in [2.45, 2.75) is 13.8 Å². The van der Waals surface area contributed by atoms with Crippen LogP contribution in [0.3, 0.4) is 0 Å². The molecule has 0 amide bonds. The predicted octanol–water partition coefficient (Wildman–Crippen LogP) is 0.192.